The van der Waals surface area contributed by atoms with E-state index in [1.54, 1.807) is 18.6 Å². The summed E-state index contributed by atoms with van der Waals surface area (Å²) in [7, 11) is 0. The first-order chi connectivity index (χ1) is 17.4. The minimum absolute atomic E-state index is 0.169. The van der Waals surface area contributed by atoms with Gasteiger partial charge in [-0.25, -0.2) is 4.39 Å². The molecule has 2 aromatic rings. The minimum Gasteiger partial charge on any atom is -0.375 e. The van der Waals surface area contributed by atoms with Gasteiger partial charge in [0.05, 0.1) is 19.3 Å². The van der Waals surface area contributed by atoms with Crippen molar-refractivity contribution < 1.29 is 18.7 Å². The van der Waals surface area contributed by atoms with Crippen LogP contribution in [-0.2, 0) is 27.4 Å². The first-order valence-corrected chi connectivity index (χ1v) is 13.0. The van der Waals surface area contributed by atoms with E-state index in [-0.39, 0.29) is 23.7 Å². The Hall–Kier alpha value is -2.93. The lowest BCUT2D eigenvalue weighted by atomic mass is 9.70. The van der Waals surface area contributed by atoms with Gasteiger partial charge in [0.2, 0.25) is 11.8 Å². The molecule has 1 heterocycles. The second-order valence-electron chi connectivity index (χ2n) is 10.1. The van der Waals surface area contributed by atoms with Gasteiger partial charge in [-0.3, -0.25) is 9.59 Å². The highest BCUT2D eigenvalue weighted by Gasteiger charge is 2.37. The summed E-state index contributed by atoms with van der Waals surface area (Å²) in [6.07, 6.45) is 8.31. The monoisotopic (exact) mass is 494 g/mol. The summed E-state index contributed by atoms with van der Waals surface area (Å²) < 4.78 is 19.6. The first-order valence-electron chi connectivity index (χ1n) is 13.0. The molecule has 6 nitrogen and oxygen atoms in total. The van der Waals surface area contributed by atoms with Crippen molar-refractivity contribution in [2.45, 2.75) is 64.0 Å². The summed E-state index contributed by atoms with van der Waals surface area (Å²) >= 11 is 0. The predicted octanol–water partition coefficient (Wildman–Crippen LogP) is 4.31. The summed E-state index contributed by atoms with van der Waals surface area (Å²) in [5, 5.41) is 3.10. The standard InChI is InChI=1S/C29H37FN3O3/c30-24-11-12-26-23(18-24)13-17-33(26)19-25(21-36-20-22-8-3-1-4-9-22)32-27(34)10-7-16-29(28(31)35)14-5-2-6-15-29/h1,3-4,8-12,18,25H,2,5-7,13-17,19-21H2,(H2,31,35)(H,32,34). The van der Waals surface area contributed by atoms with Gasteiger partial charge in [-0.15, -0.1) is 0 Å². The molecule has 4 rings (SSSR count). The van der Waals surface area contributed by atoms with Gasteiger partial charge in [-0.05, 0) is 61.4 Å². The number of fused-ring (bicyclic) bond motifs is 1. The van der Waals surface area contributed by atoms with Crippen LogP contribution in [-0.4, -0.2) is 37.6 Å². The maximum Gasteiger partial charge on any atom is 0.224 e. The molecule has 36 heavy (non-hydrogen) atoms. The molecule has 0 bridgehead atoms. The van der Waals surface area contributed by atoms with E-state index >= 15 is 0 Å². The predicted molar refractivity (Wildman–Crippen MR) is 139 cm³/mol. The summed E-state index contributed by atoms with van der Waals surface area (Å²) in [6.45, 7) is 2.15. The summed E-state index contributed by atoms with van der Waals surface area (Å²) in [4.78, 5) is 27.2. The van der Waals surface area contributed by atoms with Gasteiger partial charge >= 0.3 is 0 Å². The Morgan fingerprint density at radius 1 is 1.14 bits per heavy atom. The Bertz CT molecular complexity index is 1020. The number of carbonyl (C=O) groups is 2. The van der Waals surface area contributed by atoms with Crippen molar-refractivity contribution in [3.63, 3.8) is 0 Å². The molecule has 7 heteroatoms. The molecule has 1 aliphatic carbocycles. The van der Waals surface area contributed by atoms with Gasteiger partial charge in [0.25, 0.3) is 0 Å². The zero-order chi connectivity index (χ0) is 25.4. The minimum atomic E-state index is -0.484. The van der Waals surface area contributed by atoms with E-state index in [1.165, 1.54) is 6.07 Å². The van der Waals surface area contributed by atoms with Crippen LogP contribution in [0.1, 0.15) is 56.1 Å². The zero-order valence-corrected chi connectivity index (χ0v) is 20.9. The van der Waals surface area contributed by atoms with E-state index in [2.05, 4.69) is 10.2 Å². The average molecular weight is 495 g/mol. The van der Waals surface area contributed by atoms with Crippen LogP contribution < -0.4 is 16.0 Å². The van der Waals surface area contributed by atoms with Gasteiger partial charge in [0, 0.05) is 30.6 Å². The van der Waals surface area contributed by atoms with E-state index in [4.69, 9.17) is 10.5 Å². The van der Waals surface area contributed by atoms with E-state index in [9.17, 15) is 14.0 Å². The molecule has 2 aromatic carbocycles. The lowest BCUT2D eigenvalue weighted by molar-refractivity contribution is -0.130. The van der Waals surface area contributed by atoms with Crippen LogP contribution in [0, 0.1) is 17.7 Å². The van der Waals surface area contributed by atoms with Gasteiger partial charge in [0.15, 0.2) is 0 Å². The van der Waals surface area contributed by atoms with E-state index in [0.717, 1.165) is 61.9 Å². The number of primary amides is 1. The molecule has 2 amide bonds. The number of nitrogens with two attached hydrogens (primary N) is 1. The smallest absolute Gasteiger partial charge is 0.224 e. The number of nitrogens with zero attached hydrogens (tertiary/aromatic N) is 1. The highest BCUT2D eigenvalue weighted by molar-refractivity contribution is 5.85. The summed E-state index contributed by atoms with van der Waals surface area (Å²) in [5.41, 5.74) is 8.32. The highest BCUT2D eigenvalue weighted by atomic mass is 19.1. The number of hydrogen-bond acceptors (Lipinski definition) is 4. The van der Waals surface area contributed by atoms with Gasteiger partial charge in [-0.1, -0.05) is 49.6 Å². The van der Waals surface area contributed by atoms with Crippen molar-refractivity contribution in [1.29, 1.82) is 0 Å². The Balaban J connectivity index is 1.33. The van der Waals surface area contributed by atoms with Crippen molar-refractivity contribution in [3.8, 4) is 0 Å². The second kappa shape index (κ2) is 12.3. The van der Waals surface area contributed by atoms with Gasteiger partial charge in [-0.2, -0.15) is 0 Å². The average Bonchev–Trinajstić information content (AvgIpc) is 3.26. The summed E-state index contributed by atoms with van der Waals surface area (Å²) in [6, 6.07) is 14.5. The molecular weight excluding hydrogens is 457 g/mol. The van der Waals surface area contributed by atoms with Crippen molar-refractivity contribution in [1.82, 2.24) is 5.32 Å². The molecule has 0 aromatic heterocycles. The van der Waals surface area contributed by atoms with Crippen LogP contribution in [0.3, 0.4) is 0 Å². The number of benzene rings is 2. The zero-order valence-electron chi connectivity index (χ0n) is 20.9. The van der Waals surface area contributed by atoms with Crippen LogP contribution in [0.25, 0.3) is 0 Å². The van der Waals surface area contributed by atoms with Gasteiger partial charge in [0.1, 0.15) is 5.82 Å². The van der Waals surface area contributed by atoms with Crippen molar-refractivity contribution in [2.24, 2.45) is 11.1 Å². The number of nitrogens with one attached hydrogen (secondary N) is 1. The van der Waals surface area contributed by atoms with Crippen LogP contribution in [0.2, 0.25) is 0 Å². The molecule has 3 N–H and O–H groups in total. The van der Waals surface area contributed by atoms with Crippen molar-refractivity contribution in [2.75, 3.05) is 24.6 Å². The van der Waals surface area contributed by atoms with Crippen LogP contribution in [0.4, 0.5) is 10.1 Å². The fourth-order valence-corrected chi connectivity index (χ4v) is 5.52. The summed E-state index contributed by atoms with van der Waals surface area (Å²) in [5.74, 6) is -0.641. The topological polar surface area (TPSA) is 84.7 Å². The lowest BCUT2D eigenvalue weighted by Crippen LogP contribution is -2.46. The van der Waals surface area contributed by atoms with E-state index in [0.29, 0.717) is 32.6 Å². The number of anilines is 1. The molecule has 0 saturated heterocycles. The Morgan fingerprint density at radius 2 is 1.92 bits per heavy atom. The third-order valence-corrected chi connectivity index (χ3v) is 7.54. The normalized spacial score (nSPS) is 17.4. The number of rotatable bonds is 12. The number of halogens is 1. The van der Waals surface area contributed by atoms with Crippen molar-refractivity contribution in [3.05, 3.63) is 71.9 Å². The second-order valence-corrected chi connectivity index (χ2v) is 10.1. The maximum atomic E-state index is 13.7. The van der Waals surface area contributed by atoms with E-state index in [1.807, 2.05) is 30.3 Å². The molecule has 1 saturated carbocycles. The van der Waals surface area contributed by atoms with E-state index < -0.39 is 5.41 Å². The third kappa shape index (κ3) is 6.84. The molecule has 1 fully saturated rings. The van der Waals surface area contributed by atoms with Crippen LogP contribution in [0.5, 0.6) is 0 Å². The Kier molecular flexibility index (Phi) is 8.97. The Morgan fingerprint density at radius 3 is 2.67 bits per heavy atom. The van der Waals surface area contributed by atoms with Crippen LogP contribution in [0.15, 0.2) is 48.5 Å². The molecule has 1 unspecified atom stereocenters. The molecule has 1 atom stereocenters. The molecule has 1 radical (unpaired) electrons. The highest BCUT2D eigenvalue weighted by Crippen LogP contribution is 2.40. The number of ether oxygens (including phenoxy) is 1. The largest absolute Gasteiger partial charge is 0.375 e. The lowest BCUT2D eigenvalue weighted by Gasteiger charge is -2.34. The SMILES string of the molecule is NC(=O)C1(CC[CH]C(=O)NC(COCc2ccccc2)CN2CCc3cc(F)ccc32)CCCCC1. The third-order valence-electron chi connectivity index (χ3n) is 7.54. The van der Waals surface area contributed by atoms with Crippen molar-refractivity contribution >= 4 is 17.5 Å². The van der Waals surface area contributed by atoms with Crippen LogP contribution >= 0.6 is 0 Å². The maximum absolute atomic E-state index is 13.7. The number of hydrogen-bond donors (Lipinski definition) is 2. The molecule has 2 aliphatic rings. The van der Waals surface area contributed by atoms with Gasteiger partial charge < -0.3 is 20.7 Å². The first kappa shape index (κ1) is 26.1. The Labute approximate surface area is 213 Å². The fourth-order valence-electron chi connectivity index (χ4n) is 5.52. The molecule has 193 valence electrons. The number of amides is 2. The quantitative estimate of drug-likeness (QED) is 0.461. The number of carbonyl (C=O) groups excluding carboxylic acids is 2. The fraction of sp³-hybridized carbons (Fsp3) is 0.483. The molecular formula is C29H37FN3O3. The molecule has 1 aliphatic heterocycles. The molecule has 0 spiro atoms.